The summed E-state index contributed by atoms with van der Waals surface area (Å²) in [6.07, 6.45) is 1.92. The second kappa shape index (κ2) is 8.63. The number of rotatable bonds is 3. The van der Waals surface area contributed by atoms with E-state index in [4.69, 9.17) is 34.8 Å². The minimum absolute atomic E-state index is 0.156. The topological polar surface area (TPSA) is 91.2 Å². The number of nitrogens with one attached hydrogen (secondary N) is 1. The van der Waals surface area contributed by atoms with Crippen LogP contribution in [0.5, 0.6) is 0 Å². The van der Waals surface area contributed by atoms with Crippen molar-refractivity contribution in [2.45, 2.75) is 11.3 Å². The fourth-order valence-electron chi connectivity index (χ4n) is 3.08. The lowest BCUT2D eigenvalue weighted by molar-refractivity contribution is 0.0976. The molecule has 1 amide bonds. The molecule has 2 aliphatic rings. The highest BCUT2D eigenvalue weighted by Gasteiger charge is 2.28. The Kier molecular flexibility index (Phi) is 6.07. The van der Waals surface area contributed by atoms with Gasteiger partial charge in [-0.05, 0) is 42.5 Å². The van der Waals surface area contributed by atoms with E-state index in [0.29, 0.717) is 33.3 Å². The van der Waals surface area contributed by atoms with Gasteiger partial charge in [0.15, 0.2) is 0 Å². The number of hydrogen-bond acceptors (Lipinski definition) is 5. The molecule has 0 spiro atoms. The fourth-order valence-corrected chi connectivity index (χ4v) is 4.86. The summed E-state index contributed by atoms with van der Waals surface area (Å²) in [7, 11) is -3.70. The van der Waals surface area contributed by atoms with Crippen LogP contribution in [0.3, 0.4) is 0 Å². The number of fused-ring (bicyclic) bond motifs is 1. The molecule has 0 fully saturated rings. The molecule has 0 aromatic heterocycles. The van der Waals surface area contributed by atoms with E-state index in [1.807, 2.05) is 0 Å². The van der Waals surface area contributed by atoms with Crippen molar-refractivity contribution in [1.29, 1.82) is 0 Å². The molecule has 2 aliphatic heterocycles. The van der Waals surface area contributed by atoms with Crippen LogP contribution >= 0.6 is 34.8 Å². The molecule has 1 N–H and O–H groups in total. The third kappa shape index (κ3) is 4.62. The van der Waals surface area contributed by atoms with Crippen molar-refractivity contribution in [2.75, 3.05) is 13.1 Å². The van der Waals surface area contributed by atoms with E-state index in [2.05, 4.69) is 15.3 Å². The summed E-state index contributed by atoms with van der Waals surface area (Å²) in [5, 5.41) is 3.72. The molecule has 11 heteroatoms. The van der Waals surface area contributed by atoms with E-state index in [0.717, 1.165) is 0 Å². The number of sulfonamides is 1. The largest absolute Gasteiger partial charge is 0.291 e. The lowest BCUT2D eigenvalue weighted by atomic mass is 10.1. The minimum Gasteiger partial charge on any atom is -0.291 e. The Morgan fingerprint density at radius 1 is 1.03 bits per heavy atom. The molecule has 2 aromatic rings. The van der Waals surface area contributed by atoms with Gasteiger partial charge >= 0.3 is 0 Å². The lowest BCUT2D eigenvalue weighted by Crippen LogP contribution is -2.37. The summed E-state index contributed by atoms with van der Waals surface area (Å²) in [6.45, 7) is 0.420. The number of halogens is 3. The first-order valence-corrected chi connectivity index (χ1v) is 11.7. The van der Waals surface area contributed by atoms with Crippen LogP contribution < -0.4 is 5.32 Å². The summed E-state index contributed by atoms with van der Waals surface area (Å²) in [4.78, 5) is 21.2. The number of nitrogens with zero attached hydrogens (tertiary/aromatic N) is 3. The molecular formula is C20H15Cl3N4O3S. The highest BCUT2D eigenvalue weighted by atomic mass is 35.5. The van der Waals surface area contributed by atoms with Crippen LogP contribution in [-0.4, -0.2) is 43.4 Å². The van der Waals surface area contributed by atoms with E-state index in [1.54, 1.807) is 6.07 Å². The number of amides is 1. The molecule has 31 heavy (non-hydrogen) atoms. The Hall–Kier alpha value is -2.39. The molecule has 2 aromatic carbocycles. The van der Waals surface area contributed by atoms with Crippen LogP contribution in [0.1, 0.15) is 16.8 Å². The third-order valence-corrected chi connectivity index (χ3v) is 7.47. The van der Waals surface area contributed by atoms with Gasteiger partial charge in [-0.1, -0.05) is 34.8 Å². The summed E-state index contributed by atoms with van der Waals surface area (Å²) in [5.41, 5.74) is 1.68. The molecule has 0 aliphatic carbocycles. The van der Waals surface area contributed by atoms with E-state index < -0.39 is 15.9 Å². The van der Waals surface area contributed by atoms with E-state index in [-0.39, 0.29) is 29.0 Å². The van der Waals surface area contributed by atoms with E-state index >= 15 is 0 Å². The van der Waals surface area contributed by atoms with Gasteiger partial charge in [0, 0.05) is 35.3 Å². The summed E-state index contributed by atoms with van der Waals surface area (Å²) in [5.74, 6) is -0.255. The molecule has 0 saturated carbocycles. The van der Waals surface area contributed by atoms with Crippen molar-refractivity contribution in [3.8, 4) is 0 Å². The van der Waals surface area contributed by atoms with Gasteiger partial charge in [-0.2, -0.15) is 0 Å². The summed E-state index contributed by atoms with van der Waals surface area (Å²) >= 11 is 17.7. The predicted octanol–water partition coefficient (Wildman–Crippen LogP) is 4.17. The number of hydrogen-bond donors (Lipinski definition) is 1. The first-order chi connectivity index (χ1) is 14.7. The van der Waals surface area contributed by atoms with Crippen molar-refractivity contribution in [3.63, 3.8) is 0 Å². The number of benzene rings is 2. The monoisotopic (exact) mass is 496 g/mol. The van der Waals surface area contributed by atoms with E-state index in [9.17, 15) is 13.2 Å². The van der Waals surface area contributed by atoms with Gasteiger partial charge < -0.3 is 0 Å². The third-order valence-electron chi connectivity index (χ3n) is 4.71. The smallest absolute Gasteiger partial charge is 0.263 e. The van der Waals surface area contributed by atoms with Crippen LogP contribution in [0.4, 0.5) is 0 Å². The molecule has 0 radical (unpaired) electrons. The second-order valence-corrected chi connectivity index (χ2v) is 9.90. The average molecular weight is 498 g/mol. The Morgan fingerprint density at radius 3 is 2.48 bits per heavy atom. The zero-order valence-electron chi connectivity index (χ0n) is 15.8. The van der Waals surface area contributed by atoms with Crippen LogP contribution in [0.15, 0.2) is 69.1 Å². The maximum absolute atomic E-state index is 12.9. The molecule has 2 heterocycles. The predicted molar refractivity (Wildman–Crippen MR) is 122 cm³/mol. The molecule has 4 rings (SSSR count). The van der Waals surface area contributed by atoms with Gasteiger partial charge in [0.05, 0.1) is 27.2 Å². The van der Waals surface area contributed by atoms with Gasteiger partial charge in [0.1, 0.15) is 0 Å². The van der Waals surface area contributed by atoms with Crippen molar-refractivity contribution in [1.82, 2.24) is 9.62 Å². The molecule has 7 nitrogen and oxygen atoms in total. The lowest BCUT2D eigenvalue weighted by Gasteiger charge is -2.28. The van der Waals surface area contributed by atoms with Crippen molar-refractivity contribution in [3.05, 3.63) is 74.9 Å². The molecule has 0 saturated heterocycles. The van der Waals surface area contributed by atoms with Crippen LogP contribution in [-0.2, 0) is 10.0 Å². The minimum atomic E-state index is -3.70. The first kappa shape index (κ1) is 21.8. The zero-order valence-corrected chi connectivity index (χ0v) is 18.9. The normalized spacial score (nSPS) is 16.1. The summed E-state index contributed by atoms with van der Waals surface area (Å²) < 4.78 is 27.0. The number of guanidine groups is 1. The van der Waals surface area contributed by atoms with Gasteiger partial charge in [-0.15, -0.1) is 0 Å². The second-order valence-electron chi connectivity index (χ2n) is 6.76. The quantitative estimate of drug-likeness (QED) is 0.690. The van der Waals surface area contributed by atoms with Crippen molar-refractivity contribution >= 4 is 62.4 Å². The van der Waals surface area contributed by atoms with Gasteiger partial charge in [0.25, 0.3) is 15.9 Å². The highest BCUT2D eigenvalue weighted by Crippen LogP contribution is 2.25. The average Bonchev–Trinajstić information content (AvgIpc) is 2.75. The zero-order chi connectivity index (χ0) is 22.2. The maximum Gasteiger partial charge on any atom is 0.263 e. The van der Waals surface area contributed by atoms with E-state index in [1.165, 1.54) is 46.9 Å². The fraction of sp³-hybridized carbons (Fsp3) is 0.150. The highest BCUT2D eigenvalue weighted by molar-refractivity contribution is 7.89. The Balaban J connectivity index is 1.49. The van der Waals surface area contributed by atoms with Crippen molar-refractivity contribution in [2.24, 2.45) is 9.98 Å². The molecule has 0 bridgehead atoms. The van der Waals surface area contributed by atoms with Crippen molar-refractivity contribution < 1.29 is 13.2 Å². The SMILES string of the molecule is O=C(NC1=NCC2=CN(S(=O)(=O)c3ccc(Cl)cc3)CCC2=N1)c1ccc(Cl)c(Cl)c1. The first-order valence-electron chi connectivity index (χ1n) is 9.11. The molecule has 0 atom stereocenters. The molecule has 0 unspecified atom stereocenters. The molecule has 160 valence electrons. The van der Waals surface area contributed by atoms with Crippen LogP contribution in [0, 0.1) is 0 Å². The van der Waals surface area contributed by atoms with Gasteiger partial charge in [-0.3, -0.25) is 14.4 Å². The molecular weight excluding hydrogens is 483 g/mol. The van der Waals surface area contributed by atoms with Gasteiger partial charge in [-0.25, -0.2) is 18.4 Å². The van der Waals surface area contributed by atoms with Crippen LogP contribution in [0.25, 0.3) is 0 Å². The Bertz CT molecular complexity index is 1250. The maximum atomic E-state index is 12.9. The number of carbonyl (C=O) groups is 1. The van der Waals surface area contributed by atoms with Crippen LogP contribution in [0.2, 0.25) is 15.1 Å². The number of carbonyl (C=O) groups excluding carboxylic acids is 1. The van der Waals surface area contributed by atoms with Gasteiger partial charge in [0.2, 0.25) is 5.96 Å². The standard InChI is InChI=1S/C20H15Cl3N4O3S/c21-14-2-4-15(5-3-14)31(29,30)27-8-7-18-13(11-27)10-24-20(25-18)26-19(28)12-1-6-16(22)17(23)9-12/h1-6,9,11H,7-8,10H2,(H,24,26,28). The summed E-state index contributed by atoms with van der Waals surface area (Å²) in [6, 6.07) is 10.5. The Labute approximate surface area is 194 Å². The number of aliphatic imine (C=N–C) groups is 2. The Morgan fingerprint density at radius 2 is 1.77 bits per heavy atom.